The molecule has 3 unspecified atom stereocenters. The lowest BCUT2D eigenvalue weighted by molar-refractivity contribution is -0.146. The molecule has 2 rings (SSSR count). The molecule has 3 amide bonds. The maximum absolute atomic E-state index is 13.3. The predicted molar refractivity (Wildman–Crippen MR) is 120 cm³/mol. The largest absolute Gasteiger partial charge is 0.344 e. The third-order valence-corrected chi connectivity index (χ3v) is 7.01. The van der Waals surface area contributed by atoms with Crippen LogP contribution in [0.5, 0.6) is 0 Å². The smallest absolute Gasteiger partial charge is 0.245 e. The molecule has 1 heterocycles. The lowest BCUT2D eigenvalue weighted by atomic mass is 9.84. The van der Waals surface area contributed by atoms with Gasteiger partial charge in [-0.05, 0) is 32.1 Å². The Labute approximate surface area is 183 Å². The fraction of sp³-hybridized carbons (Fsp3) is 0.875. The number of carbonyl (C=O) groups is 3. The molecule has 1 aliphatic carbocycles. The van der Waals surface area contributed by atoms with Gasteiger partial charge in [0.1, 0.15) is 6.04 Å². The van der Waals surface area contributed by atoms with E-state index in [4.69, 9.17) is 0 Å². The van der Waals surface area contributed by atoms with Gasteiger partial charge in [0, 0.05) is 38.0 Å². The molecule has 0 aromatic heterocycles. The predicted octanol–water partition coefficient (Wildman–Crippen LogP) is 3.74. The molecule has 1 saturated heterocycles. The van der Waals surface area contributed by atoms with Crippen molar-refractivity contribution in [2.24, 2.45) is 11.8 Å². The quantitative estimate of drug-likeness (QED) is 0.517. The van der Waals surface area contributed by atoms with Crippen LogP contribution in [0, 0.1) is 11.8 Å². The third kappa shape index (κ3) is 6.71. The van der Waals surface area contributed by atoms with Crippen molar-refractivity contribution in [2.75, 3.05) is 19.6 Å². The average Bonchev–Trinajstić information content (AvgIpc) is 2.69. The number of amides is 3. The van der Waals surface area contributed by atoms with Crippen LogP contribution in [-0.2, 0) is 14.4 Å². The van der Waals surface area contributed by atoms with Crippen LogP contribution in [0.4, 0.5) is 0 Å². The lowest BCUT2D eigenvalue weighted by Gasteiger charge is -2.42. The van der Waals surface area contributed by atoms with Crippen molar-refractivity contribution in [1.82, 2.24) is 15.1 Å². The van der Waals surface area contributed by atoms with E-state index in [2.05, 4.69) is 19.2 Å². The molecule has 1 N–H and O–H groups in total. The van der Waals surface area contributed by atoms with E-state index < -0.39 is 6.04 Å². The Morgan fingerprint density at radius 3 is 2.30 bits per heavy atom. The summed E-state index contributed by atoms with van der Waals surface area (Å²) >= 11 is 0. The molecule has 172 valence electrons. The summed E-state index contributed by atoms with van der Waals surface area (Å²) in [5.74, 6) is 0.429. The average molecular weight is 422 g/mol. The van der Waals surface area contributed by atoms with E-state index in [1.807, 2.05) is 23.6 Å². The van der Waals surface area contributed by atoms with Crippen molar-refractivity contribution in [1.29, 1.82) is 0 Å². The monoisotopic (exact) mass is 421 g/mol. The Balaban J connectivity index is 1.87. The number of unbranched alkanes of at least 4 members (excludes halogenated alkanes) is 4. The van der Waals surface area contributed by atoms with E-state index in [1.165, 1.54) is 19.3 Å². The molecular formula is C24H43N3O3. The maximum Gasteiger partial charge on any atom is 0.245 e. The first kappa shape index (κ1) is 24.7. The van der Waals surface area contributed by atoms with Gasteiger partial charge >= 0.3 is 0 Å². The zero-order chi connectivity index (χ0) is 22.1. The molecule has 2 aliphatic rings. The number of nitrogens with zero attached hydrogens (tertiary/aromatic N) is 2. The van der Waals surface area contributed by atoms with Gasteiger partial charge in [-0.25, -0.2) is 0 Å². The molecule has 0 spiro atoms. The standard InChI is InChI=1S/C24H43N3O3/c1-5-7-8-9-10-14-21(28)27-16-15-26(17-19(27)4)24(30)22(18(3)6-2)25-23(29)20-12-11-13-20/h18-20,22H,5-17H2,1-4H3,(H,25,29). The van der Waals surface area contributed by atoms with Crippen LogP contribution in [0.2, 0.25) is 0 Å². The molecule has 30 heavy (non-hydrogen) atoms. The van der Waals surface area contributed by atoms with Gasteiger partial charge in [0.15, 0.2) is 0 Å². The molecule has 0 aromatic carbocycles. The van der Waals surface area contributed by atoms with Crippen molar-refractivity contribution in [3.8, 4) is 0 Å². The maximum atomic E-state index is 13.3. The first-order valence-corrected chi connectivity index (χ1v) is 12.3. The van der Waals surface area contributed by atoms with Crippen LogP contribution >= 0.6 is 0 Å². The van der Waals surface area contributed by atoms with Crippen LogP contribution in [0.25, 0.3) is 0 Å². The van der Waals surface area contributed by atoms with Crippen LogP contribution in [0.15, 0.2) is 0 Å². The van der Waals surface area contributed by atoms with Crippen molar-refractivity contribution < 1.29 is 14.4 Å². The second kappa shape index (κ2) is 12.3. The van der Waals surface area contributed by atoms with E-state index in [0.29, 0.717) is 26.1 Å². The summed E-state index contributed by atoms with van der Waals surface area (Å²) in [7, 11) is 0. The Hall–Kier alpha value is -1.59. The minimum absolute atomic E-state index is 0.00976. The highest BCUT2D eigenvalue weighted by molar-refractivity contribution is 5.89. The van der Waals surface area contributed by atoms with Crippen LogP contribution < -0.4 is 5.32 Å². The first-order valence-electron chi connectivity index (χ1n) is 12.3. The van der Waals surface area contributed by atoms with Crippen LogP contribution in [0.1, 0.15) is 91.9 Å². The summed E-state index contributed by atoms with van der Waals surface area (Å²) < 4.78 is 0. The van der Waals surface area contributed by atoms with Crippen LogP contribution in [-0.4, -0.2) is 59.2 Å². The molecule has 0 bridgehead atoms. The number of carbonyl (C=O) groups excluding carboxylic acids is 3. The molecule has 1 aliphatic heterocycles. The SMILES string of the molecule is CCCCCCCC(=O)N1CCN(C(=O)C(NC(=O)C2CCC2)C(C)CC)CC1C. The van der Waals surface area contributed by atoms with Gasteiger partial charge in [-0.3, -0.25) is 14.4 Å². The Kier molecular flexibility index (Phi) is 10.1. The van der Waals surface area contributed by atoms with Crippen molar-refractivity contribution in [3.63, 3.8) is 0 Å². The highest BCUT2D eigenvalue weighted by Gasteiger charge is 2.36. The molecule has 2 fully saturated rings. The number of hydrogen-bond donors (Lipinski definition) is 1. The van der Waals surface area contributed by atoms with Crippen molar-refractivity contribution >= 4 is 17.7 Å². The fourth-order valence-electron chi connectivity index (χ4n) is 4.37. The minimum atomic E-state index is -0.462. The molecule has 0 radical (unpaired) electrons. The van der Waals surface area contributed by atoms with Gasteiger partial charge in [-0.1, -0.05) is 59.3 Å². The van der Waals surface area contributed by atoms with E-state index in [1.54, 1.807) is 0 Å². The molecular weight excluding hydrogens is 378 g/mol. The Morgan fingerprint density at radius 1 is 1.03 bits per heavy atom. The van der Waals surface area contributed by atoms with Gasteiger partial charge in [0.25, 0.3) is 0 Å². The summed E-state index contributed by atoms with van der Waals surface area (Å²) in [5, 5.41) is 3.05. The Morgan fingerprint density at radius 2 is 1.73 bits per heavy atom. The molecule has 6 nitrogen and oxygen atoms in total. The normalized spacial score (nSPS) is 21.7. The number of hydrogen-bond acceptors (Lipinski definition) is 3. The first-order chi connectivity index (χ1) is 14.4. The molecule has 1 saturated carbocycles. The van der Waals surface area contributed by atoms with Gasteiger partial charge in [0.05, 0.1) is 0 Å². The van der Waals surface area contributed by atoms with Gasteiger partial charge in [-0.15, -0.1) is 0 Å². The third-order valence-electron chi connectivity index (χ3n) is 7.01. The van der Waals surface area contributed by atoms with E-state index in [9.17, 15) is 14.4 Å². The zero-order valence-electron chi connectivity index (χ0n) is 19.6. The summed E-state index contributed by atoms with van der Waals surface area (Å²) in [6.07, 6.45) is 10.1. The zero-order valence-corrected chi connectivity index (χ0v) is 19.6. The topological polar surface area (TPSA) is 69.7 Å². The minimum Gasteiger partial charge on any atom is -0.344 e. The van der Waals surface area contributed by atoms with Crippen molar-refractivity contribution in [2.45, 2.75) is 104 Å². The van der Waals surface area contributed by atoms with Crippen LogP contribution in [0.3, 0.4) is 0 Å². The van der Waals surface area contributed by atoms with E-state index in [-0.39, 0.29) is 35.6 Å². The highest BCUT2D eigenvalue weighted by atomic mass is 16.2. The molecule has 3 atom stereocenters. The second-order valence-corrected chi connectivity index (χ2v) is 9.38. The van der Waals surface area contributed by atoms with Crippen molar-refractivity contribution in [3.05, 3.63) is 0 Å². The summed E-state index contributed by atoms with van der Waals surface area (Å²) in [5.41, 5.74) is 0. The number of rotatable bonds is 11. The van der Waals surface area contributed by atoms with E-state index in [0.717, 1.165) is 38.5 Å². The summed E-state index contributed by atoms with van der Waals surface area (Å²) in [6, 6.07) is -0.443. The second-order valence-electron chi connectivity index (χ2n) is 9.38. The van der Waals surface area contributed by atoms with E-state index >= 15 is 0 Å². The number of piperazine rings is 1. The fourth-order valence-corrected chi connectivity index (χ4v) is 4.37. The van der Waals surface area contributed by atoms with Gasteiger partial charge in [-0.2, -0.15) is 0 Å². The van der Waals surface area contributed by atoms with Gasteiger partial charge < -0.3 is 15.1 Å². The Bertz CT molecular complexity index is 576. The number of nitrogens with one attached hydrogen (secondary N) is 1. The molecule has 6 heteroatoms. The highest BCUT2D eigenvalue weighted by Crippen LogP contribution is 2.27. The molecule has 0 aromatic rings. The lowest BCUT2D eigenvalue weighted by Crippen LogP contribution is -2.60. The van der Waals surface area contributed by atoms with Gasteiger partial charge in [0.2, 0.25) is 17.7 Å². The summed E-state index contributed by atoms with van der Waals surface area (Å²) in [6.45, 7) is 10.00. The summed E-state index contributed by atoms with van der Waals surface area (Å²) in [4.78, 5) is 42.2.